The van der Waals surface area contributed by atoms with Crippen LogP contribution in [-0.4, -0.2) is 102 Å². The summed E-state index contributed by atoms with van der Waals surface area (Å²) in [5.74, 6) is -0.759. The molecule has 0 atom stereocenters. The lowest BCUT2D eigenvalue weighted by atomic mass is 10.0. The Hall–Kier alpha value is -4.02. The molecule has 3 aromatic rings. The molecule has 248 valence electrons. The number of carbonyl (C=O) groups is 3. The summed E-state index contributed by atoms with van der Waals surface area (Å²) in [5.41, 5.74) is 2.12. The number of methoxy groups -OCH3 is 1. The molecule has 4 rings (SSSR count). The van der Waals surface area contributed by atoms with Gasteiger partial charge in [-0.2, -0.15) is 0 Å². The highest BCUT2D eigenvalue weighted by Gasteiger charge is 2.25. The van der Waals surface area contributed by atoms with E-state index in [2.05, 4.69) is 30.7 Å². The van der Waals surface area contributed by atoms with Crippen LogP contribution in [0.25, 0.3) is 11.4 Å². The molecule has 46 heavy (non-hydrogen) atoms. The van der Waals surface area contributed by atoms with Gasteiger partial charge in [-0.3, -0.25) is 4.79 Å². The second kappa shape index (κ2) is 17.6. The minimum Gasteiger partial charge on any atom is -0.465 e. The Kier molecular flexibility index (Phi) is 13.3. The largest absolute Gasteiger partial charge is 0.465 e. The van der Waals surface area contributed by atoms with Gasteiger partial charge < -0.3 is 28.7 Å². The number of aryl methyl sites for hydroxylation is 1. The number of nitrogens with zero attached hydrogens (tertiary/aromatic N) is 5. The van der Waals surface area contributed by atoms with E-state index in [0.29, 0.717) is 36.7 Å². The predicted molar refractivity (Wildman–Crippen MR) is 179 cm³/mol. The molecule has 1 fully saturated rings. The van der Waals surface area contributed by atoms with Crippen LogP contribution in [-0.2, 0) is 22.6 Å². The fourth-order valence-electron chi connectivity index (χ4n) is 5.57. The molecule has 0 N–H and O–H groups in total. The molecule has 0 bridgehead atoms. The van der Waals surface area contributed by atoms with E-state index in [1.54, 1.807) is 12.1 Å². The Morgan fingerprint density at radius 2 is 1.57 bits per heavy atom. The summed E-state index contributed by atoms with van der Waals surface area (Å²) in [7, 11) is 3.45. The van der Waals surface area contributed by atoms with Crippen molar-refractivity contribution in [3.63, 3.8) is 0 Å². The monoisotopic (exact) mass is 631 g/mol. The molecule has 2 heterocycles. The number of carbonyl (C=O) groups excluding carboxylic acids is 3. The van der Waals surface area contributed by atoms with Crippen molar-refractivity contribution in [2.75, 3.05) is 60.0 Å². The Bertz CT molecular complexity index is 1420. The van der Waals surface area contributed by atoms with E-state index >= 15 is 0 Å². The van der Waals surface area contributed by atoms with Crippen molar-refractivity contribution in [1.82, 2.24) is 24.3 Å². The molecule has 1 amide bonds. The first kappa shape index (κ1) is 34.8. The van der Waals surface area contributed by atoms with E-state index in [4.69, 9.17) is 14.5 Å². The van der Waals surface area contributed by atoms with Crippen molar-refractivity contribution in [2.45, 2.75) is 59.1 Å². The fraction of sp³-hybridized carbons (Fsp3) is 0.500. The van der Waals surface area contributed by atoms with Gasteiger partial charge in [0.2, 0.25) is 0 Å². The summed E-state index contributed by atoms with van der Waals surface area (Å²) < 4.78 is 12.6. The van der Waals surface area contributed by atoms with E-state index in [-0.39, 0.29) is 23.6 Å². The minimum atomic E-state index is -0.586. The molecule has 0 saturated carbocycles. The molecule has 2 aromatic carbocycles. The molecule has 1 aliphatic heterocycles. The van der Waals surface area contributed by atoms with Crippen molar-refractivity contribution < 1.29 is 23.9 Å². The first-order valence-corrected chi connectivity index (χ1v) is 16.6. The molecule has 10 nitrogen and oxygen atoms in total. The molecule has 0 aliphatic carbocycles. The van der Waals surface area contributed by atoms with Crippen molar-refractivity contribution in [3.05, 3.63) is 77.1 Å². The number of piperazine rings is 1. The molecular formula is C36H49N5O5. The number of unbranched alkanes of at least 4 members (excludes halogenated alkanes) is 2. The highest BCUT2D eigenvalue weighted by atomic mass is 16.5. The number of amides is 1. The molecule has 0 unspecified atom stereocenters. The van der Waals surface area contributed by atoms with E-state index in [0.717, 1.165) is 70.4 Å². The zero-order valence-electron chi connectivity index (χ0n) is 27.9. The van der Waals surface area contributed by atoms with Gasteiger partial charge in [-0.1, -0.05) is 57.0 Å². The van der Waals surface area contributed by atoms with Crippen LogP contribution in [0.4, 0.5) is 0 Å². The molecule has 0 spiro atoms. The maximum absolute atomic E-state index is 13.9. The number of rotatable bonds is 16. The Morgan fingerprint density at radius 1 is 0.870 bits per heavy atom. The van der Waals surface area contributed by atoms with Gasteiger partial charge in [-0.25, -0.2) is 14.6 Å². The van der Waals surface area contributed by atoms with E-state index in [1.165, 1.54) is 13.2 Å². The summed E-state index contributed by atoms with van der Waals surface area (Å²) in [6.07, 6.45) is 6.48. The summed E-state index contributed by atoms with van der Waals surface area (Å²) in [6.45, 7) is 11.3. The zero-order valence-corrected chi connectivity index (χ0v) is 27.9. The van der Waals surface area contributed by atoms with Gasteiger partial charge >= 0.3 is 11.9 Å². The predicted octanol–water partition coefficient (Wildman–Crippen LogP) is 5.37. The van der Waals surface area contributed by atoms with Gasteiger partial charge in [-0.05, 0) is 56.6 Å². The fourth-order valence-corrected chi connectivity index (χ4v) is 5.57. The van der Waals surface area contributed by atoms with Crippen LogP contribution in [0.3, 0.4) is 0 Å². The lowest BCUT2D eigenvalue weighted by molar-refractivity contribution is 0.0473. The Labute approximate surface area is 273 Å². The second-order valence-corrected chi connectivity index (χ2v) is 12.0. The molecule has 10 heteroatoms. The summed E-state index contributed by atoms with van der Waals surface area (Å²) in [5, 5.41) is 0. The van der Waals surface area contributed by atoms with Gasteiger partial charge in [-0.15, -0.1) is 0 Å². The quantitative estimate of drug-likeness (QED) is 0.195. The van der Waals surface area contributed by atoms with Crippen LogP contribution in [0.1, 0.15) is 82.7 Å². The second-order valence-electron chi connectivity index (χ2n) is 12.0. The smallest absolute Gasteiger partial charge is 0.339 e. The maximum Gasteiger partial charge on any atom is 0.339 e. The third-order valence-corrected chi connectivity index (χ3v) is 8.43. The van der Waals surface area contributed by atoms with E-state index in [1.807, 2.05) is 46.0 Å². The van der Waals surface area contributed by atoms with Crippen molar-refractivity contribution in [2.24, 2.45) is 0 Å². The summed E-state index contributed by atoms with van der Waals surface area (Å²) >= 11 is 0. The number of ether oxygens (including phenoxy) is 2. The Balaban J connectivity index is 1.69. The number of likely N-dealkylation sites (N-methyl/N-ethyl adjacent to an activating group) is 1. The maximum atomic E-state index is 13.9. The lowest BCUT2D eigenvalue weighted by Crippen LogP contribution is -2.44. The third kappa shape index (κ3) is 9.50. The standard InChI is InChI=1S/C36H49N5O5/c1-5-7-18-40(19-8-6-2)34(42)32-26-41(20-12-17-39-23-21-38(3)22-24-39)33(37-32)30-16-15-29(35(43)45-4)25-31(30)36(44)46-27-28-13-10-9-11-14-28/h9-11,13-16,25-26H,5-8,12,17-24,27H2,1-4H3. The van der Waals surface area contributed by atoms with Gasteiger partial charge in [0.25, 0.3) is 5.91 Å². The molecular weight excluding hydrogens is 582 g/mol. The molecule has 1 saturated heterocycles. The Morgan fingerprint density at radius 3 is 2.22 bits per heavy atom. The van der Waals surface area contributed by atoms with Crippen LogP contribution in [0.15, 0.2) is 54.7 Å². The first-order valence-electron chi connectivity index (χ1n) is 16.6. The highest BCUT2D eigenvalue weighted by molar-refractivity contribution is 6.01. The van der Waals surface area contributed by atoms with Crippen molar-refractivity contribution in [3.8, 4) is 11.4 Å². The SMILES string of the molecule is CCCCN(CCCC)C(=O)c1cn(CCCN2CCN(C)CC2)c(-c2ccc(C(=O)OC)cc2C(=O)OCc2ccccc2)n1. The number of imidazole rings is 1. The normalized spacial score (nSPS) is 13.8. The van der Waals surface area contributed by atoms with Crippen molar-refractivity contribution in [1.29, 1.82) is 0 Å². The average Bonchev–Trinajstić information content (AvgIpc) is 3.51. The summed E-state index contributed by atoms with van der Waals surface area (Å²) in [4.78, 5) is 51.5. The van der Waals surface area contributed by atoms with Crippen LogP contribution in [0.5, 0.6) is 0 Å². The van der Waals surface area contributed by atoms with Crippen LogP contribution >= 0.6 is 0 Å². The van der Waals surface area contributed by atoms with Gasteiger partial charge in [0, 0.05) is 57.6 Å². The molecule has 1 aromatic heterocycles. The van der Waals surface area contributed by atoms with Gasteiger partial charge in [0.1, 0.15) is 18.1 Å². The first-order chi connectivity index (χ1) is 22.3. The van der Waals surface area contributed by atoms with Crippen LogP contribution in [0, 0.1) is 0 Å². The number of benzene rings is 2. The molecule has 1 aliphatic rings. The highest BCUT2D eigenvalue weighted by Crippen LogP contribution is 2.27. The van der Waals surface area contributed by atoms with Crippen LogP contribution in [0.2, 0.25) is 0 Å². The third-order valence-electron chi connectivity index (χ3n) is 8.43. The number of aromatic nitrogens is 2. The topological polar surface area (TPSA) is 97.2 Å². The zero-order chi connectivity index (χ0) is 32.9. The number of hydrogen-bond acceptors (Lipinski definition) is 8. The van der Waals surface area contributed by atoms with Gasteiger partial charge in [0.15, 0.2) is 0 Å². The number of hydrogen-bond donors (Lipinski definition) is 0. The van der Waals surface area contributed by atoms with Gasteiger partial charge in [0.05, 0.1) is 18.2 Å². The average molecular weight is 632 g/mol. The minimum absolute atomic E-state index is 0.0780. The number of esters is 2. The lowest BCUT2D eigenvalue weighted by Gasteiger charge is -2.32. The van der Waals surface area contributed by atoms with E-state index < -0.39 is 11.9 Å². The van der Waals surface area contributed by atoms with Crippen LogP contribution < -0.4 is 0 Å². The van der Waals surface area contributed by atoms with Crippen molar-refractivity contribution >= 4 is 17.8 Å². The molecule has 0 radical (unpaired) electrons. The summed E-state index contributed by atoms with van der Waals surface area (Å²) in [6, 6.07) is 14.2. The van der Waals surface area contributed by atoms with E-state index in [9.17, 15) is 14.4 Å².